The van der Waals surface area contributed by atoms with Crippen molar-refractivity contribution in [1.82, 2.24) is 15.5 Å². The van der Waals surface area contributed by atoms with Crippen LogP contribution < -0.4 is 10.6 Å². The summed E-state index contributed by atoms with van der Waals surface area (Å²) in [6.45, 7) is 9.19. The molecule has 0 amide bonds. The lowest BCUT2D eigenvalue weighted by atomic mass is 10.1. The first-order chi connectivity index (χ1) is 9.40. The minimum Gasteiger partial charge on any atom is -0.355 e. The highest BCUT2D eigenvalue weighted by Gasteiger charge is 2.11. The van der Waals surface area contributed by atoms with Crippen LogP contribution in [-0.2, 0) is 6.54 Å². The van der Waals surface area contributed by atoms with Gasteiger partial charge in [-0.15, -0.1) is 24.0 Å². The molecule has 0 unspecified atom stereocenters. The number of hydrogen-bond acceptors (Lipinski definition) is 2. The molecule has 0 bridgehead atoms. The Hall–Kier alpha value is -0.820. The zero-order valence-corrected chi connectivity index (χ0v) is 16.1. The second-order valence-electron chi connectivity index (χ2n) is 6.10. The minimum atomic E-state index is 0. The predicted octanol–water partition coefficient (Wildman–Crippen LogP) is 2.70. The summed E-state index contributed by atoms with van der Waals surface area (Å²) in [7, 11) is 3.93. The van der Waals surface area contributed by atoms with Crippen LogP contribution in [0.15, 0.2) is 35.3 Å². The molecule has 0 fully saturated rings. The smallest absolute Gasteiger partial charge is 0.191 e. The number of hydrogen-bond donors (Lipinski definition) is 2. The zero-order valence-electron chi connectivity index (χ0n) is 13.8. The predicted molar refractivity (Wildman–Crippen MR) is 102 cm³/mol. The van der Waals surface area contributed by atoms with Crippen LogP contribution in [0.1, 0.15) is 26.3 Å². The average Bonchev–Trinajstić information content (AvgIpc) is 2.37. The van der Waals surface area contributed by atoms with Gasteiger partial charge in [0.05, 0.1) is 0 Å². The highest BCUT2D eigenvalue weighted by molar-refractivity contribution is 14.0. The van der Waals surface area contributed by atoms with E-state index >= 15 is 0 Å². The monoisotopic (exact) mass is 404 g/mol. The fraction of sp³-hybridized carbons (Fsp3) is 0.562. The van der Waals surface area contributed by atoms with Crippen LogP contribution in [-0.4, -0.2) is 43.6 Å². The maximum Gasteiger partial charge on any atom is 0.191 e. The molecule has 0 saturated heterocycles. The van der Waals surface area contributed by atoms with Crippen molar-refractivity contribution < 1.29 is 0 Å². The van der Waals surface area contributed by atoms with Gasteiger partial charge >= 0.3 is 0 Å². The topological polar surface area (TPSA) is 39.7 Å². The van der Waals surface area contributed by atoms with Gasteiger partial charge < -0.3 is 15.5 Å². The summed E-state index contributed by atoms with van der Waals surface area (Å²) < 4.78 is 0. The lowest BCUT2D eigenvalue weighted by molar-refractivity contribution is 0.330. The van der Waals surface area contributed by atoms with Crippen LogP contribution in [0, 0.1) is 0 Å². The van der Waals surface area contributed by atoms with Gasteiger partial charge in [0.1, 0.15) is 0 Å². The molecule has 1 rings (SSSR count). The summed E-state index contributed by atoms with van der Waals surface area (Å²) in [5, 5.41) is 6.69. The Balaban J connectivity index is 0.00000400. The van der Waals surface area contributed by atoms with Gasteiger partial charge in [-0.25, -0.2) is 0 Å². The molecular weight excluding hydrogens is 375 g/mol. The van der Waals surface area contributed by atoms with Crippen LogP contribution in [0.5, 0.6) is 0 Å². The number of guanidine groups is 1. The molecule has 5 heteroatoms. The number of nitrogens with one attached hydrogen (secondary N) is 2. The third kappa shape index (κ3) is 9.68. The van der Waals surface area contributed by atoms with Crippen LogP contribution in [0.2, 0.25) is 0 Å². The zero-order chi connectivity index (χ0) is 15.0. The largest absolute Gasteiger partial charge is 0.355 e. The van der Waals surface area contributed by atoms with E-state index in [0.29, 0.717) is 0 Å². The molecule has 21 heavy (non-hydrogen) atoms. The second-order valence-corrected chi connectivity index (χ2v) is 6.10. The van der Waals surface area contributed by atoms with Crippen molar-refractivity contribution in [2.45, 2.75) is 32.9 Å². The number of nitrogens with zero attached hydrogens (tertiary/aromatic N) is 2. The fourth-order valence-electron chi connectivity index (χ4n) is 1.87. The molecule has 0 radical (unpaired) electrons. The SMILES string of the molecule is CN=C(NCCN(C)Cc1ccccc1)NC(C)(C)C.I. The molecule has 0 spiro atoms. The maximum absolute atomic E-state index is 4.23. The Bertz CT molecular complexity index is 412. The maximum atomic E-state index is 4.23. The van der Waals surface area contributed by atoms with E-state index in [2.05, 4.69) is 72.6 Å². The van der Waals surface area contributed by atoms with Crippen LogP contribution >= 0.6 is 24.0 Å². The van der Waals surface area contributed by atoms with Crippen LogP contribution in [0.4, 0.5) is 0 Å². The first-order valence-electron chi connectivity index (χ1n) is 7.12. The normalized spacial score (nSPS) is 12.0. The molecule has 120 valence electrons. The van der Waals surface area contributed by atoms with E-state index in [0.717, 1.165) is 25.6 Å². The molecule has 0 atom stereocenters. The van der Waals surface area contributed by atoms with E-state index < -0.39 is 0 Å². The lowest BCUT2D eigenvalue weighted by Gasteiger charge is -2.24. The summed E-state index contributed by atoms with van der Waals surface area (Å²) in [5.41, 5.74) is 1.37. The molecule has 1 aromatic rings. The van der Waals surface area contributed by atoms with E-state index in [1.165, 1.54) is 5.56 Å². The van der Waals surface area contributed by atoms with Crippen molar-refractivity contribution >= 4 is 29.9 Å². The third-order valence-electron chi connectivity index (χ3n) is 2.80. The number of rotatable bonds is 5. The van der Waals surface area contributed by atoms with Gasteiger partial charge in [0.15, 0.2) is 5.96 Å². The highest BCUT2D eigenvalue weighted by atomic mass is 127. The van der Waals surface area contributed by atoms with Gasteiger partial charge in [-0.05, 0) is 33.4 Å². The van der Waals surface area contributed by atoms with Gasteiger partial charge in [0.25, 0.3) is 0 Å². The Morgan fingerprint density at radius 3 is 2.33 bits per heavy atom. The minimum absolute atomic E-state index is 0. The highest BCUT2D eigenvalue weighted by Crippen LogP contribution is 2.01. The van der Waals surface area contributed by atoms with Crippen molar-refractivity contribution in [2.75, 3.05) is 27.2 Å². The molecule has 2 N–H and O–H groups in total. The second kappa shape index (κ2) is 10.00. The Labute approximate surface area is 146 Å². The molecule has 0 aliphatic carbocycles. The first-order valence-corrected chi connectivity index (χ1v) is 7.12. The van der Waals surface area contributed by atoms with Crippen molar-refractivity contribution in [1.29, 1.82) is 0 Å². The van der Waals surface area contributed by atoms with E-state index in [4.69, 9.17) is 0 Å². The van der Waals surface area contributed by atoms with Gasteiger partial charge in [0, 0.05) is 32.2 Å². The standard InChI is InChI=1S/C16H28N4.HI/c1-16(2,3)19-15(17-4)18-11-12-20(5)13-14-9-7-6-8-10-14;/h6-10H,11-13H2,1-5H3,(H2,17,18,19);1H. The van der Waals surface area contributed by atoms with Crippen molar-refractivity contribution in [3.63, 3.8) is 0 Å². The number of aliphatic imine (C=N–C) groups is 1. The van der Waals surface area contributed by atoms with Crippen molar-refractivity contribution in [2.24, 2.45) is 4.99 Å². The molecule has 0 aliphatic rings. The van der Waals surface area contributed by atoms with Gasteiger partial charge in [-0.1, -0.05) is 30.3 Å². The molecule has 0 aliphatic heterocycles. The van der Waals surface area contributed by atoms with E-state index in [-0.39, 0.29) is 29.5 Å². The molecule has 4 nitrogen and oxygen atoms in total. The van der Waals surface area contributed by atoms with Gasteiger partial charge in [-0.2, -0.15) is 0 Å². The van der Waals surface area contributed by atoms with E-state index in [9.17, 15) is 0 Å². The van der Waals surface area contributed by atoms with Gasteiger partial charge in [-0.3, -0.25) is 4.99 Å². The number of halogens is 1. The molecule has 0 saturated carbocycles. The summed E-state index contributed by atoms with van der Waals surface area (Å²) >= 11 is 0. The first kappa shape index (κ1) is 20.2. The van der Waals surface area contributed by atoms with Crippen LogP contribution in [0.3, 0.4) is 0 Å². The summed E-state index contributed by atoms with van der Waals surface area (Å²) in [5.74, 6) is 0.852. The Kier molecular flexibility index (Phi) is 9.61. The number of benzene rings is 1. The molecular formula is C16H29IN4. The summed E-state index contributed by atoms with van der Waals surface area (Å²) in [4.78, 5) is 6.53. The number of likely N-dealkylation sites (N-methyl/N-ethyl adjacent to an activating group) is 1. The van der Waals surface area contributed by atoms with Gasteiger partial charge in [0.2, 0.25) is 0 Å². The summed E-state index contributed by atoms with van der Waals surface area (Å²) in [6, 6.07) is 10.5. The van der Waals surface area contributed by atoms with Crippen LogP contribution in [0.25, 0.3) is 0 Å². The Morgan fingerprint density at radius 2 is 1.81 bits per heavy atom. The third-order valence-corrected chi connectivity index (χ3v) is 2.80. The fourth-order valence-corrected chi connectivity index (χ4v) is 1.87. The van der Waals surface area contributed by atoms with Crippen molar-refractivity contribution in [3.8, 4) is 0 Å². The average molecular weight is 404 g/mol. The van der Waals surface area contributed by atoms with E-state index in [1.807, 2.05) is 6.07 Å². The summed E-state index contributed by atoms with van der Waals surface area (Å²) in [6.07, 6.45) is 0. The molecule has 0 aromatic heterocycles. The van der Waals surface area contributed by atoms with E-state index in [1.54, 1.807) is 7.05 Å². The molecule has 0 heterocycles. The lowest BCUT2D eigenvalue weighted by Crippen LogP contribution is -2.48. The quantitative estimate of drug-likeness (QED) is 0.451. The van der Waals surface area contributed by atoms with Crippen molar-refractivity contribution in [3.05, 3.63) is 35.9 Å². The Morgan fingerprint density at radius 1 is 1.19 bits per heavy atom. The molecule has 1 aromatic carbocycles.